The van der Waals surface area contributed by atoms with Crippen molar-refractivity contribution < 1.29 is 14.3 Å². The molecule has 0 spiro atoms. The average molecular weight is 404 g/mol. The molecule has 0 atom stereocenters. The van der Waals surface area contributed by atoms with Gasteiger partial charge in [-0.3, -0.25) is 14.5 Å². The molecule has 7 nitrogen and oxygen atoms in total. The zero-order chi connectivity index (χ0) is 20.7. The van der Waals surface area contributed by atoms with E-state index in [0.29, 0.717) is 37.7 Å². The first kappa shape index (κ1) is 18.8. The molecule has 2 aromatic heterocycles. The summed E-state index contributed by atoms with van der Waals surface area (Å²) in [6, 6.07) is 10.0. The van der Waals surface area contributed by atoms with Crippen molar-refractivity contribution in [2.45, 2.75) is 25.8 Å². The molecule has 0 bridgehead atoms. The van der Waals surface area contributed by atoms with Crippen LogP contribution < -0.4 is 4.90 Å². The molecular weight excluding hydrogens is 380 g/mol. The van der Waals surface area contributed by atoms with Crippen molar-refractivity contribution in [2.75, 3.05) is 31.2 Å². The summed E-state index contributed by atoms with van der Waals surface area (Å²) in [5.41, 5.74) is 4.49. The number of ether oxygens (including phenoxy) is 1. The second-order valence-electron chi connectivity index (χ2n) is 7.95. The number of benzene rings is 1. The van der Waals surface area contributed by atoms with E-state index >= 15 is 0 Å². The molecule has 7 heteroatoms. The van der Waals surface area contributed by atoms with Crippen LogP contribution in [0.4, 0.5) is 5.82 Å². The predicted molar refractivity (Wildman–Crippen MR) is 115 cm³/mol. The van der Waals surface area contributed by atoms with Crippen molar-refractivity contribution in [2.24, 2.45) is 0 Å². The largest absolute Gasteiger partial charge is 0.378 e. The highest BCUT2D eigenvalue weighted by molar-refractivity contribution is 5.99. The van der Waals surface area contributed by atoms with Crippen LogP contribution in [0.5, 0.6) is 0 Å². The molecule has 3 aromatic rings. The molecule has 154 valence electrons. The van der Waals surface area contributed by atoms with Crippen LogP contribution in [-0.2, 0) is 9.53 Å². The van der Waals surface area contributed by atoms with Gasteiger partial charge in [-0.15, -0.1) is 0 Å². The Kier molecular flexibility index (Phi) is 4.75. The fourth-order valence-electron chi connectivity index (χ4n) is 4.11. The number of aryl methyl sites for hydroxylation is 1. The summed E-state index contributed by atoms with van der Waals surface area (Å²) < 4.78 is 5.35. The number of nitrogens with zero attached hydrogens (tertiary/aromatic N) is 3. The van der Waals surface area contributed by atoms with Gasteiger partial charge in [0.05, 0.1) is 13.2 Å². The Balaban J connectivity index is 1.54. The van der Waals surface area contributed by atoms with Gasteiger partial charge in [-0.05, 0) is 60.7 Å². The summed E-state index contributed by atoms with van der Waals surface area (Å²) in [6.07, 6.45) is 4.75. The van der Waals surface area contributed by atoms with E-state index in [9.17, 15) is 9.59 Å². The average Bonchev–Trinajstić information content (AvgIpc) is 3.49. The number of pyridine rings is 1. The Labute approximate surface area is 174 Å². The number of hydrogen-bond acceptors (Lipinski definition) is 4. The van der Waals surface area contributed by atoms with Gasteiger partial charge >= 0.3 is 0 Å². The maximum absolute atomic E-state index is 12.8. The quantitative estimate of drug-likeness (QED) is 0.663. The maximum atomic E-state index is 12.8. The molecule has 5 rings (SSSR count). The molecule has 2 aliphatic rings. The van der Waals surface area contributed by atoms with Gasteiger partial charge in [-0.1, -0.05) is 6.07 Å². The van der Waals surface area contributed by atoms with Crippen LogP contribution in [0.3, 0.4) is 0 Å². The molecule has 3 heterocycles. The van der Waals surface area contributed by atoms with Crippen LogP contribution >= 0.6 is 0 Å². The SMILES string of the molecule is Cc1cc(C(=O)N2CCOCC2)ccc1-c1cc(N(C=O)C2CC2)nc2[nH]ccc12. The number of rotatable bonds is 5. The van der Waals surface area contributed by atoms with E-state index < -0.39 is 0 Å². The van der Waals surface area contributed by atoms with Gasteiger partial charge in [0, 0.05) is 36.3 Å². The Morgan fingerprint density at radius 2 is 2.00 bits per heavy atom. The number of morpholine rings is 1. The molecule has 2 amide bonds. The van der Waals surface area contributed by atoms with Gasteiger partial charge in [0.1, 0.15) is 11.5 Å². The number of hydrogen-bond donors (Lipinski definition) is 1. The summed E-state index contributed by atoms with van der Waals surface area (Å²) >= 11 is 0. The first-order chi connectivity index (χ1) is 14.7. The summed E-state index contributed by atoms with van der Waals surface area (Å²) in [6.45, 7) is 4.44. The fraction of sp³-hybridized carbons (Fsp3) is 0.348. The van der Waals surface area contributed by atoms with E-state index in [-0.39, 0.29) is 11.9 Å². The minimum Gasteiger partial charge on any atom is -0.378 e. The number of carbonyl (C=O) groups excluding carboxylic acids is 2. The third-order valence-corrected chi connectivity index (χ3v) is 5.90. The highest BCUT2D eigenvalue weighted by atomic mass is 16.5. The first-order valence-corrected chi connectivity index (χ1v) is 10.4. The van der Waals surface area contributed by atoms with Crippen LogP contribution in [0.15, 0.2) is 36.5 Å². The third kappa shape index (κ3) is 3.35. The van der Waals surface area contributed by atoms with E-state index in [4.69, 9.17) is 4.74 Å². The molecule has 1 aliphatic heterocycles. The first-order valence-electron chi connectivity index (χ1n) is 10.4. The smallest absolute Gasteiger partial charge is 0.254 e. The molecule has 0 radical (unpaired) electrons. The van der Waals surface area contributed by atoms with Crippen molar-refractivity contribution in [1.29, 1.82) is 0 Å². The number of H-pyrrole nitrogens is 1. The monoisotopic (exact) mass is 404 g/mol. The third-order valence-electron chi connectivity index (χ3n) is 5.90. The van der Waals surface area contributed by atoms with E-state index in [0.717, 1.165) is 47.0 Å². The van der Waals surface area contributed by atoms with E-state index in [1.807, 2.05) is 48.4 Å². The number of nitrogens with one attached hydrogen (secondary N) is 1. The molecule has 0 unspecified atom stereocenters. The number of amides is 2. The molecular formula is C23H24N4O3. The van der Waals surface area contributed by atoms with E-state index in [1.54, 1.807) is 4.90 Å². The van der Waals surface area contributed by atoms with Gasteiger partial charge < -0.3 is 14.6 Å². The fourth-order valence-corrected chi connectivity index (χ4v) is 4.11. The highest BCUT2D eigenvalue weighted by Crippen LogP contribution is 2.36. The topological polar surface area (TPSA) is 78.5 Å². The van der Waals surface area contributed by atoms with Gasteiger partial charge in [-0.25, -0.2) is 4.98 Å². The molecule has 1 saturated heterocycles. The number of aromatic amines is 1. The van der Waals surface area contributed by atoms with Crippen LogP contribution in [0.25, 0.3) is 22.2 Å². The lowest BCUT2D eigenvalue weighted by Gasteiger charge is -2.27. The van der Waals surface area contributed by atoms with Gasteiger partial charge in [0.2, 0.25) is 6.41 Å². The van der Waals surface area contributed by atoms with Crippen LogP contribution in [0, 0.1) is 6.92 Å². The van der Waals surface area contributed by atoms with Crippen LogP contribution in [0.2, 0.25) is 0 Å². The minimum absolute atomic E-state index is 0.0380. The lowest BCUT2D eigenvalue weighted by atomic mass is 9.96. The van der Waals surface area contributed by atoms with Crippen LogP contribution in [0.1, 0.15) is 28.8 Å². The zero-order valence-corrected chi connectivity index (χ0v) is 16.9. The Hall–Kier alpha value is -3.19. The zero-order valence-electron chi connectivity index (χ0n) is 16.9. The normalized spacial score (nSPS) is 16.6. The molecule has 1 aromatic carbocycles. The second-order valence-corrected chi connectivity index (χ2v) is 7.95. The summed E-state index contributed by atoms with van der Waals surface area (Å²) in [4.78, 5) is 35.9. The minimum atomic E-state index is 0.0380. The van der Waals surface area contributed by atoms with Crippen molar-refractivity contribution in [3.8, 4) is 11.1 Å². The summed E-state index contributed by atoms with van der Waals surface area (Å²) in [7, 11) is 0. The van der Waals surface area contributed by atoms with Gasteiger partial charge in [-0.2, -0.15) is 0 Å². The summed E-state index contributed by atoms with van der Waals surface area (Å²) in [5, 5.41) is 0.996. The lowest BCUT2D eigenvalue weighted by Crippen LogP contribution is -2.40. The molecule has 1 saturated carbocycles. The number of anilines is 1. The highest BCUT2D eigenvalue weighted by Gasteiger charge is 2.30. The molecule has 2 fully saturated rings. The van der Waals surface area contributed by atoms with E-state index in [2.05, 4.69) is 9.97 Å². The van der Waals surface area contributed by atoms with Crippen molar-refractivity contribution in [3.63, 3.8) is 0 Å². The predicted octanol–water partition coefficient (Wildman–Crippen LogP) is 3.14. The number of aromatic nitrogens is 2. The van der Waals surface area contributed by atoms with Crippen molar-refractivity contribution in [1.82, 2.24) is 14.9 Å². The Morgan fingerprint density at radius 3 is 2.70 bits per heavy atom. The van der Waals surface area contributed by atoms with Crippen molar-refractivity contribution >= 4 is 29.2 Å². The molecule has 30 heavy (non-hydrogen) atoms. The van der Waals surface area contributed by atoms with Crippen molar-refractivity contribution in [3.05, 3.63) is 47.7 Å². The van der Waals surface area contributed by atoms with E-state index in [1.165, 1.54) is 0 Å². The standard InChI is InChI=1S/C23H24N4O3/c1-15-12-16(23(29)26-8-10-30-11-9-26)2-5-18(15)20-13-21(27(14-28)17-3-4-17)25-22-19(20)6-7-24-22/h2,5-7,12-14,17H,3-4,8-11H2,1H3,(H,24,25). The molecule has 1 aliphatic carbocycles. The summed E-state index contributed by atoms with van der Waals surface area (Å²) in [5.74, 6) is 0.696. The second kappa shape index (κ2) is 7.57. The maximum Gasteiger partial charge on any atom is 0.254 e. The van der Waals surface area contributed by atoms with Gasteiger partial charge in [0.15, 0.2) is 0 Å². The van der Waals surface area contributed by atoms with Gasteiger partial charge in [0.25, 0.3) is 5.91 Å². The van der Waals surface area contributed by atoms with Crippen LogP contribution in [-0.4, -0.2) is 59.5 Å². The Morgan fingerprint density at radius 1 is 1.20 bits per heavy atom. The lowest BCUT2D eigenvalue weighted by molar-refractivity contribution is -0.107. The molecule has 1 N–H and O–H groups in total. The Bertz CT molecular complexity index is 1110. The number of carbonyl (C=O) groups is 2. The number of fused-ring (bicyclic) bond motifs is 1.